The van der Waals surface area contributed by atoms with Gasteiger partial charge in [-0.25, -0.2) is 39.5 Å². The van der Waals surface area contributed by atoms with E-state index >= 15 is 0 Å². The number of carbonyl (C=O) groups excluding carboxylic acids is 2. The minimum atomic E-state index is -4.52. The number of hydrogen-bond donors (Lipinski definition) is 6. The Labute approximate surface area is 415 Å². The molecule has 0 saturated carbocycles. The normalized spacial score (nSPS) is 17.4. The Hall–Kier alpha value is -8.08. The molecule has 10 rings (SSSR count). The topological polar surface area (TPSA) is 274 Å². The first-order valence-electron chi connectivity index (χ1n) is 22.7. The maximum atomic E-state index is 13.4. The highest BCUT2D eigenvalue weighted by Crippen LogP contribution is 2.42. The number of nitrogens with one attached hydrogen (secondary N) is 2. The van der Waals surface area contributed by atoms with Crippen molar-refractivity contribution >= 4 is 46.7 Å². The van der Waals surface area contributed by atoms with Crippen molar-refractivity contribution in [2.24, 2.45) is 0 Å². The van der Waals surface area contributed by atoms with Crippen molar-refractivity contribution < 1.29 is 65.8 Å². The number of rotatable bonds is 12. The van der Waals surface area contributed by atoms with E-state index in [1.54, 1.807) is 0 Å². The maximum Gasteiger partial charge on any atom is 0.416 e. The van der Waals surface area contributed by atoms with E-state index in [2.05, 4.69) is 50.7 Å². The first kappa shape index (κ1) is 50.8. The minimum absolute atomic E-state index is 0.00538. The third-order valence-corrected chi connectivity index (χ3v) is 12.0. The first-order chi connectivity index (χ1) is 35.4. The lowest BCUT2D eigenvalue weighted by molar-refractivity contribution is -0.138. The summed E-state index contributed by atoms with van der Waals surface area (Å²) in [5.41, 5.74) is 0.190. The Morgan fingerprint density at radius 3 is 1.66 bits per heavy atom. The van der Waals surface area contributed by atoms with Crippen molar-refractivity contribution in [1.82, 2.24) is 40.1 Å². The van der Waals surface area contributed by atoms with Gasteiger partial charge < -0.3 is 45.0 Å². The molecule has 2 fully saturated rings. The van der Waals surface area contributed by atoms with E-state index in [1.807, 2.05) is 9.80 Å². The van der Waals surface area contributed by atoms with Crippen LogP contribution in [0.1, 0.15) is 24.0 Å². The molecule has 22 nitrogen and oxygen atoms in total. The van der Waals surface area contributed by atoms with Gasteiger partial charge >= 0.3 is 24.4 Å². The molecule has 6 aromatic rings. The number of ether oxygens (including phenoxy) is 2. The summed E-state index contributed by atoms with van der Waals surface area (Å²) in [4.78, 5) is 59.4. The lowest BCUT2D eigenvalue weighted by Crippen LogP contribution is -2.48. The third kappa shape index (κ3) is 11.3. The van der Waals surface area contributed by atoms with Gasteiger partial charge in [0.05, 0.1) is 84.5 Å². The van der Waals surface area contributed by atoms with Gasteiger partial charge in [-0.1, -0.05) is 24.3 Å². The molecular weight excluding hydrogens is 991 g/mol. The zero-order valence-corrected chi connectivity index (χ0v) is 38.5. The molecule has 0 aliphatic carbocycles. The van der Waals surface area contributed by atoms with Gasteiger partial charge in [0.2, 0.25) is 11.8 Å². The van der Waals surface area contributed by atoms with Crippen LogP contribution < -0.4 is 39.7 Å². The number of benzene rings is 2. The fourth-order valence-electron chi connectivity index (χ4n) is 8.45. The van der Waals surface area contributed by atoms with Gasteiger partial charge in [0.1, 0.15) is 25.4 Å². The highest BCUT2D eigenvalue weighted by atomic mass is 19.4. The highest BCUT2D eigenvalue weighted by Gasteiger charge is 2.43. The SMILES string of the molecule is O=C(Nc1cnnc(OC[C@H](O)CO)c1)N1c2nc(-c3cccc(C(F)(F)F)c3)ncc2N2CC[C@H]1C2.O=C(Nc1ncc(OC[C@@H](O)CO)cn1)N1c2nc(-c3cccc(C(F)(F)F)c3)ncc2N2CC[C@H]1C2. The quantitative estimate of drug-likeness (QED) is 0.0912. The summed E-state index contributed by atoms with van der Waals surface area (Å²) in [5, 5.41) is 49.5. The van der Waals surface area contributed by atoms with Crippen LogP contribution in [0.15, 0.2) is 85.6 Å². The average molecular weight is 1030 g/mol. The molecule has 4 aromatic heterocycles. The van der Waals surface area contributed by atoms with E-state index in [0.29, 0.717) is 56.2 Å². The standard InChI is InChI=1S/2C23H22F3N7O4/c24-23(25,26)14-3-1-2-13(6-14)20-27-9-18-21(30-20)33(16-4-5-32(18)10-16)22(36)29-15-7-19(31-28-8-15)37-12-17(35)11-34;24-23(25,26)14-3-1-2-13(6-14)19-27-9-18-20(30-19)33(15-4-5-32(18)10-15)22(36)31-21-28-7-17(8-29-21)37-12-16(35)11-34/h1-3,6-9,16-17,34-35H,4-5,10-12H2,(H,29,31,36);1-3,6-9,15-16,34-35H,4-5,10-12H2,(H,28,29,31,36)/t16-,17+;15-,16-/m00/s1. The van der Waals surface area contributed by atoms with Gasteiger partial charge in [-0.15, -0.1) is 5.10 Å². The molecule has 0 radical (unpaired) electrons. The lowest BCUT2D eigenvalue weighted by atomic mass is 10.1. The summed E-state index contributed by atoms with van der Waals surface area (Å²) in [6.07, 6.45) is -2.87. The van der Waals surface area contributed by atoms with Gasteiger partial charge in [-0.2, -0.15) is 31.4 Å². The number of carbonyl (C=O) groups is 2. The molecule has 28 heteroatoms. The summed E-state index contributed by atoms with van der Waals surface area (Å²) >= 11 is 0. The number of urea groups is 2. The van der Waals surface area contributed by atoms with Crippen LogP contribution in [0.3, 0.4) is 0 Å². The van der Waals surface area contributed by atoms with Crippen molar-refractivity contribution in [2.45, 2.75) is 49.5 Å². The first-order valence-corrected chi connectivity index (χ1v) is 22.7. The monoisotopic (exact) mass is 1030 g/mol. The fourth-order valence-corrected chi connectivity index (χ4v) is 8.45. The van der Waals surface area contributed by atoms with Gasteiger partial charge in [0.15, 0.2) is 29.0 Å². The van der Waals surface area contributed by atoms with Crippen molar-refractivity contribution in [2.75, 3.05) is 82.8 Å². The highest BCUT2D eigenvalue weighted by molar-refractivity contribution is 6.05. The summed E-state index contributed by atoms with van der Waals surface area (Å²) in [7, 11) is 0. The molecule has 0 spiro atoms. The molecule has 4 amide bonds. The molecule has 8 heterocycles. The van der Waals surface area contributed by atoms with Crippen molar-refractivity contribution in [3.63, 3.8) is 0 Å². The number of halogens is 6. The van der Waals surface area contributed by atoms with Crippen LogP contribution in [0.4, 0.5) is 70.6 Å². The Bertz CT molecular complexity index is 3000. The number of aliphatic hydroxyl groups excluding tert-OH is 4. The number of aliphatic hydroxyl groups is 4. The number of fused-ring (bicyclic) bond motifs is 8. The number of aromatic nitrogens is 8. The number of anilines is 6. The predicted molar refractivity (Wildman–Crippen MR) is 250 cm³/mol. The summed E-state index contributed by atoms with van der Waals surface area (Å²) in [6, 6.07) is 9.35. The van der Waals surface area contributed by atoms with E-state index in [-0.39, 0.29) is 77.2 Å². The van der Waals surface area contributed by atoms with E-state index in [9.17, 15) is 46.1 Å². The van der Waals surface area contributed by atoms with Gasteiger partial charge in [0.25, 0.3) is 0 Å². The third-order valence-electron chi connectivity index (χ3n) is 12.0. The largest absolute Gasteiger partial charge is 0.488 e. The lowest BCUT2D eigenvalue weighted by Gasteiger charge is -2.35. The smallest absolute Gasteiger partial charge is 0.416 e. The van der Waals surface area contributed by atoms with E-state index in [4.69, 9.17) is 19.7 Å². The fraction of sp³-hybridized carbons (Fsp3) is 0.348. The van der Waals surface area contributed by atoms with E-state index < -0.39 is 61.0 Å². The second-order valence-corrected chi connectivity index (χ2v) is 17.2. The Kier molecular flexibility index (Phi) is 14.5. The van der Waals surface area contributed by atoms with Gasteiger partial charge in [0, 0.05) is 43.4 Å². The molecular formula is C46H44F6N14O8. The second-order valence-electron chi connectivity index (χ2n) is 17.2. The maximum absolute atomic E-state index is 13.4. The van der Waals surface area contributed by atoms with Crippen LogP contribution in [0, 0.1) is 0 Å². The molecule has 4 atom stereocenters. The molecule has 4 aliphatic heterocycles. The minimum Gasteiger partial charge on any atom is -0.488 e. The van der Waals surface area contributed by atoms with Gasteiger partial charge in [-0.3, -0.25) is 15.1 Å². The van der Waals surface area contributed by atoms with E-state index in [1.165, 1.54) is 71.1 Å². The summed E-state index contributed by atoms with van der Waals surface area (Å²) in [6.45, 7) is 1.18. The Balaban J connectivity index is 0.000000182. The van der Waals surface area contributed by atoms with E-state index in [0.717, 1.165) is 24.3 Å². The van der Waals surface area contributed by atoms with Crippen molar-refractivity contribution in [3.05, 3.63) is 96.7 Å². The van der Waals surface area contributed by atoms with Crippen molar-refractivity contribution in [1.29, 1.82) is 0 Å². The summed E-state index contributed by atoms with van der Waals surface area (Å²) in [5.74, 6) is 0.963. The van der Waals surface area contributed by atoms with Crippen LogP contribution >= 0.6 is 0 Å². The van der Waals surface area contributed by atoms with Crippen LogP contribution in [0.25, 0.3) is 22.8 Å². The van der Waals surface area contributed by atoms with Gasteiger partial charge in [-0.05, 0) is 37.1 Å². The molecule has 2 saturated heterocycles. The Morgan fingerprint density at radius 2 is 1.16 bits per heavy atom. The van der Waals surface area contributed by atoms with Crippen LogP contribution in [-0.2, 0) is 12.4 Å². The molecule has 74 heavy (non-hydrogen) atoms. The average Bonchev–Trinajstić information content (AvgIpc) is 4.02. The zero-order valence-electron chi connectivity index (χ0n) is 38.5. The van der Waals surface area contributed by atoms with Crippen molar-refractivity contribution in [3.8, 4) is 34.4 Å². The molecule has 2 aromatic carbocycles. The second kappa shape index (κ2) is 21.2. The zero-order chi connectivity index (χ0) is 52.3. The summed E-state index contributed by atoms with van der Waals surface area (Å²) < 4.78 is 89.8. The molecule has 4 aliphatic rings. The Morgan fingerprint density at radius 1 is 0.662 bits per heavy atom. The number of hydrogen-bond acceptors (Lipinski definition) is 18. The number of alkyl halides is 6. The molecule has 4 bridgehead atoms. The molecule has 0 unspecified atom stereocenters. The van der Waals surface area contributed by atoms with Crippen LogP contribution in [-0.4, -0.2) is 149 Å². The molecule has 388 valence electrons. The predicted octanol–water partition coefficient (Wildman–Crippen LogP) is 4.63. The van der Waals surface area contributed by atoms with Crippen LogP contribution in [0.5, 0.6) is 11.6 Å². The number of nitrogens with zero attached hydrogens (tertiary/aromatic N) is 12. The number of amides is 4. The van der Waals surface area contributed by atoms with Crippen LogP contribution in [0.2, 0.25) is 0 Å². The molecule has 6 N–H and O–H groups in total.